The SMILES string of the molecule is CC(C)COc1cccc(/C=N\n2cn[nH]c2=S)c1. The fraction of sp³-hybridized carbons (Fsp3) is 0.308. The Bertz CT molecular complexity index is 615. The van der Waals surface area contributed by atoms with Gasteiger partial charge in [-0.05, 0) is 35.8 Å². The van der Waals surface area contributed by atoms with Gasteiger partial charge in [0.2, 0.25) is 4.77 Å². The molecule has 1 N–H and O–H groups in total. The Balaban J connectivity index is 2.09. The van der Waals surface area contributed by atoms with Crippen molar-refractivity contribution in [1.82, 2.24) is 14.9 Å². The summed E-state index contributed by atoms with van der Waals surface area (Å²) in [5, 5.41) is 10.6. The highest BCUT2D eigenvalue weighted by Crippen LogP contribution is 2.13. The lowest BCUT2D eigenvalue weighted by atomic mass is 10.2. The smallest absolute Gasteiger partial charge is 0.216 e. The monoisotopic (exact) mass is 276 g/mol. The van der Waals surface area contributed by atoms with E-state index in [-0.39, 0.29) is 0 Å². The van der Waals surface area contributed by atoms with Gasteiger partial charge < -0.3 is 4.74 Å². The van der Waals surface area contributed by atoms with Crippen LogP contribution in [0.25, 0.3) is 0 Å². The van der Waals surface area contributed by atoms with Crippen LogP contribution in [0.4, 0.5) is 0 Å². The summed E-state index contributed by atoms with van der Waals surface area (Å²) < 4.78 is 7.62. The lowest BCUT2D eigenvalue weighted by molar-refractivity contribution is 0.271. The lowest BCUT2D eigenvalue weighted by Gasteiger charge is -2.08. The molecule has 2 rings (SSSR count). The second-order valence-electron chi connectivity index (χ2n) is 4.53. The average Bonchev–Trinajstić information content (AvgIpc) is 2.80. The Kier molecular flexibility index (Phi) is 4.46. The Hall–Kier alpha value is -1.95. The maximum absolute atomic E-state index is 5.66. The highest BCUT2D eigenvalue weighted by atomic mass is 32.1. The van der Waals surface area contributed by atoms with E-state index in [4.69, 9.17) is 17.0 Å². The van der Waals surface area contributed by atoms with E-state index in [1.165, 1.54) is 11.0 Å². The molecule has 5 nitrogen and oxygen atoms in total. The van der Waals surface area contributed by atoms with Crippen LogP contribution in [0.1, 0.15) is 19.4 Å². The molecule has 1 aromatic carbocycles. The Morgan fingerprint density at radius 2 is 2.37 bits per heavy atom. The molecule has 0 bridgehead atoms. The zero-order valence-electron chi connectivity index (χ0n) is 10.9. The number of ether oxygens (including phenoxy) is 1. The second-order valence-corrected chi connectivity index (χ2v) is 4.91. The molecule has 0 aliphatic carbocycles. The predicted molar refractivity (Wildman–Crippen MR) is 77.2 cm³/mol. The molecule has 0 saturated heterocycles. The zero-order chi connectivity index (χ0) is 13.7. The van der Waals surface area contributed by atoms with Gasteiger partial charge in [0.25, 0.3) is 0 Å². The van der Waals surface area contributed by atoms with Crippen molar-refractivity contribution in [2.24, 2.45) is 11.0 Å². The van der Waals surface area contributed by atoms with Crippen LogP contribution in [0.3, 0.4) is 0 Å². The quantitative estimate of drug-likeness (QED) is 0.675. The van der Waals surface area contributed by atoms with Crippen LogP contribution >= 0.6 is 12.2 Å². The number of nitrogens with zero attached hydrogens (tertiary/aromatic N) is 3. The molecule has 0 aliphatic rings. The minimum absolute atomic E-state index is 0.462. The first-order valence-corrected chi connectivity index (χ1v) is 6.45. The zero-order valence-corrected chi connectivity index (χ0v) is 11.7. The number of nitrogens with one attached hydrogen (secondary N) is 1. The number of benzene rings is 1. The normalized spacial score (nSPS) is 11.3. The minimum Gasteiger partial charge on any atom is -0.493 e. The lowest BCUT2D eigenvalue weighted by Crippen LogP contribution is -2.04. The van der Waals surface area contributed by atoms with E-state index < -0.39 is 0 Å². The van der Waals surface area contributed by atoms with E-state index >= 15 is 0 Å². The topological polar surface area (TPSA) is 55.2 Å². The third-order valence-corrected chi connectivity index (χ3v) is 2.59. The molecule has 0 atom stereocenters. The van der Waals surface area contributed by atoms with Gasteiger partial charge in [-0.3, -0.25) is 5.10 Å². The number of hydrogen-bond acceptors (Lipinski definition) is 4. The van der Waals surface area contributed by atoms with Crippen molar-refractivity contribution < 1.29 is 4.74 Å². The first-order chi connectivity index (χ1) is 9.15. The van der Waals surface area contributed by atoms with Crippen LogP contribution in [-0.2, 0) is 0 Å². The van der Waals surface area contributed by atoms with Gasteiger partial charge >= 0.3 is 0 Å². The van der Waals surface area contributed by atoms with Gasteiger partial charge in [0.15, 0.2) is 0 Å². The van der Waals surface area contributed by atoms with Crippen LogP contribution in [0.2, 0.25) is 0 Å². The summed E-state index contributed by atoms with van der Waals surface area (Å²) in [6.45, 7) is 4.94. The van der Waals surface area contributed by atoms with E-state index in [1.54, 1.807) is 6.21 Å². The summed E-state index contributed by atoms with van der Waals surface area (Å²) in [7, 11) is 0. The van der Waals surface area contributed by atoms with E-state index in [0.717, 1.165) is 11.3 Å². The largest absolute Gasteiger partial charge is 0.493 e. The summed E-state index contributed by atoms with van der Waals surface area (Å²) in [5.41, 5.74) is 0.948. The molecule has 0 unspecified atom stereocenters. The van der Waals surface area contributed by atoms with E-state index in [0.29, 0.717) is 17.3 Å². The maximum Gasteiger partial charge on any atom is 0.216 e. The van der Waals surface area contributed by atoms with Crippen molar-refractivity contribution in [2.45, 2.75) is 13.8 Å². The molecule has 0 radical (unpaired) electrons. The molecular weight excluding hydrogens is 260 g/mol. The van der Waals surface area contributed by atoms with E-state index in [1.807, 2.05) is 24.3 Å². The van der Waals surface area contributed by atoms with Crippen LogP contribution in [-0.4, -0.2) is 27.7 Å². The number of aromatic amines is 1. The van der Waals surface area contributed by atoms with Crippen LogP contribution < -0.4 is 4.74 Å². The Morgan fingerprint density at radius 3 is 3.05 bits per heavy atom. The van der Waals surface area contributed by atoms with Gasteiger partial charge in [-0.25, -0.2) is 0 Å². The van der Waals surface area contributed by atoms with Crippen LogP contribution in [0.15, 0.2) is 35.7 Å². The van der Waals surface area contributed by atoms with Gasteiger partial charge in [0, 0.05) is 0 Å². The molecule has 2 aromatic rings. The maximum atomic E-state index is 5.66. The van der Waals surface area contributed by atoms with E-state index in [2.05, 4.69) is 29.1 Å². The fourth-order valence-electron chi connectivity index (χ4n) is 1.40. The summed E-state index contributed by atoms with van der Waals surface area (Å²) in [4.78, 5) is 0. The molecule has 0 spiro atoms. The molecule has 19 heavy (non-hydrogen) atoms. The van der Waals surface area contributed by atoms with Crippen molar-refractivity contribution in [1.29, 1.82) is 0 Å². The average molecular weight is 276 g/mol. The second kappa shape index (κ2) is 6.29. The minimum atomic E-state index is 0.462. The number of H-pyrrole nitrogens is 1. The van der Waals surface area contributed by atoms with Crippen molar-refractivity contribution >= 4 is 18.4 Å². The molecule has 0 amide bonds. The van der Waals surface area contributed by atoms with Gasteiger partial charge in [-0.15, -0.1) is 0 Å². The Labute approximate surface area is 116 Å². The van der Waals surface area contributed by atoms with Crippen molar-refractivity contribution in [3.05, 3.63) is 40.9 Å². The summed E-state index contributed by atoms with van der Waals surface area (Å²) in [6, 6.07) is 7.76. The predicted octanol–water partition coefficient (Wildman–Crippen LogP) is 2.86. The summed E-state index contributed by atoms with van der Waals surface area (Å²) in [6.07, 6.45) is 3.24. The molecular formula is C13H16N4OS. The first-order valence-electron chi connectivity index (χ1n) is 6.04. The standard InChI is InChI=1S/C13H16N4OS/c1-10(2)8-18-12-5-3-4-11(6-12)7-15-17-9-14-16-13(17)19/h3-7,9-10H,8H2,1-2H3,(H,16,19)/b15-7-. The highest BCUT2D eigenvalue weighted by molar-refractivity contribution is 7.71. The van der Waals surface area contributed by atoms with Gasteiger partial charge in [0.1, 0.15) is 12.1 Å². The molecule has 0 saturated carbocycles. The van der Waals surface area contributed by atoms with Crippen LogP contribution in [0.5, 0.6) is 5.75 Å². The molecule has 0 fully saturated rings. The van der Waals surface area contributed by atoms with Crippen molar-refractivity contribution in [2.75, 3.05) is 6.61 Å². The highest BCUT2D eigenvalue weighted by Gasteiger charge is 1.98. The summed E-state index contributed by atoms with van der Waals surface area (Å²) >= 11 is 5.00. The number of hydrogen-bond donors (Lipinski definition) is 1. The van der Waals surface area contributed by atoms with E-state index in [9.17, 15) is 0 Å². The summed E-state index contributed by atoms with van der Waals surface area (Å²) in [5.74, 6) is 1.34. The Morgan fingerprint density at radius 1 is 1.53 bits per heavy atom. The molecule has 1 aromatic heterocycles. The third-order valence-electron chi connectivity index (χ3n) is 2.31. The number of rotatable bonds is 5. The third kappa shape index (κ3) is 4.03. The first kappa shape index (κ1) is 13.5. The number of aromatic nitrogens is 3. The van der Waals surface area contributed by atoms with Crippen LogP contribution in [0, 0.1) is 10.7 Å². The molecule has 6 heteroatoms. The molecule has 0 aliphatic heterocycles. The fourth-order valence-corrected chi connectivity index (χ4v) is 1.55. The molecule has 1 heterocycles. The van der Waals surface area contributed by atoms with Gasteiger partial charge in [-0.2, -0.15) is 14.9 Å². The van der Waals surface area contributed by atoms with Gasteiger partial charge in [0.05, 0.1) is 12.8 Å². The molecule has 100 valence electrons. The van der Waals surface area contributed by atoms with Crippen molar-refractivity contribution in [3.8, 4) is 5.75 Å². The van der Waals surface area contributed by atoms with Crippen molar-refractivity contribution in [3.63, 3.8) is 0 Å². The van der Waals surface area contributed by atoms with Gasteiger partial charge in [-0.1, -0.05) is 26.0 Å².